The summed E-state index contributed by atoms with van der Waals surface area (Å²) in [6, 6.07) is 0.507. The molecule has 0 fully saturated rings. The Morgan fingerprint density at radius 3 is 2.39 bits per heavy atom. The lowest BCUT2D eigenvalue weighted by atomic mass is 9.95. The largest absolute Gasteiger partial charge is 0.493 e. The van der Waals surface area contributed by atoms with Crippen molar-refractivity contribution >= 4 is 11.7 Å². The van der Waals surface area contributed by atoms with Gasteiger partial charge in [-0.25, -0.2) is 4.68 Å². The smallest absolute Gasteiger partial charge is 0.410 e. The van der Waals surface area contributed by atoms with Crippen molar-refractivity contribution in [3.63, 3.8) is 0 Å². The standard InChI is InChI=1S/C20H25F3N4O4/c1-5-6-24-19(28)12-10-25-27-16(20(21,22)23)9-13(26-18(12)27)11-7-14(29-2)17(31-4)15(8-11)30-3/h7-8,10,13,16,26H,5-6,9H2,1-4H3,(H,24,28)/t13-,16+/m1/s1. The number of carbonyl (C=O) groups is 1. The minimum absolute atomic E-state index is 0.0147. The van der Waals surface area contributed by atoms with Crippen molar-refractivity contribution in [2.75, 3.05) is 33.2 Å². The first-order valence-corrected chi connectivity index (χ1v) is 9.73. The van der Waals surface area contributed by atoms with Gasteiger partial charge in [-0.3, -0.25) is 4.79 Å². The van der Waals surface area contributed by atoms with Gasteiger partial charge in [-0.15, -0.1) is 0 Å². The summed E-state index contributed by atoms with van der Waals surface area (Å²) in [6.07, 6.45) is -3.03. The number of carbonyl (C=O) groups excluding carboxylic acids is 1. The first-order valence-electron chi connectivity index (χ1n) is 9.73. The predicted octanol–water partition coefficient (Wildman–Crippen LogP) is 3.71. The lowest BCUT2D eigenvalue weighted by Gasteiger charge is -2.34. The van der Waals surface area contributed by atoms with Crippen LogP contribution in [0.5, 0.6) is 17.2 Å². The summed E-state index contributed by atoms with van der Waals surface area (Å²) in [5.74, 6) is 0.508. The van der Waals surface area contributed by atoms with Crippen LogP contribution in [0.4, 0.5) is 19.0 Å². The summed E-state index contributed by atoms with van der Waals surface area (Å²) >= 11 is 0. The van der Waals surface area contributed by atoms with E-state index in [0.717, 1.165) is 10.9 Å². The van der Waals surface area contributed by atoms with Gasteiger partial charge in [-0.2, -0.15) is 18.3 Å². The topological polar surface area (TPSA) is 86.6 Å². The van der Waals surface area contributed by atoms with E-state index in [0.29, 0.717) is 35.8 Å². The molecule has 0 spiro atoms. The van der Waals surface area contributed by atoms with E-state index in [1.54, 1.807) is 12.1 Å². The third-order valence-corrected chi connectivity index (χ3v) is 5.11. The van der Waals surface area contributed by atoms with E-state index >= 15 is 0 Å². The quantitative estimate of drug-likeness (QED) is 0.680. The molecule has 1 amide bonds. The summed E-state index contributed by atoms with van der Waals surface area (Å²) < 4.78 is 58.4. The Kier molecular flexibility index (Phi) is 6.51. The highest BCUT2D eigenvalue weighted by Gasteiger charge is 2.47. The highest BCUT2D eigenvalue weighted by Crippen LogP contribution is 2.47. The van der Waals surface area contributed by atoms with Crippen LogP contribution in [-0.4, -0.2) is 49.7 Å². The minimum atomic E-state index is -4.56. The molecule has 8 nitrogen and oxygen atoms in total. The van der Waals surface area contributed by atoms with Crippen molar-refractivity contribution in [1.29, 1.82) is 0 Å². The molecule has 170 valence electrons. The molecule has 31 heavy (non-hydrogen) atoms. The third-order valence-electron chi connectivity index (χ3n) is 5.11. The molecular weight excluding hydrogens is 417 g/mol. The highest BCUT2D eigenvalue weighted by molar-refractivity contribution is 5.98. The normalized spacial score (nSPS) is 18.0. The van der Waals surface area contributed by atoms with Crippen LogP contribution in [0.15, 0.2) is 18.3 Å². The molecule has 11 heteroatoms. The van der Waals surface area contributed by atoms with Gasteiger partial charge in [0.2, 0.25) is 5.75 Å². The highest BCUT2D eigenvalue weighted by atomic mass is 19.4. The van der Waals surface area contributed by atoms with Crippen molar-refractivity contribution in [3.05, 3.63) is 29.5 Å². The van der Waals surface area contributed by atoms with Crippen molar-refractivity contribution in [3.8, 4) is 17.2 Å². The van der Waals surface area contributed by atoms with Crippen LogP contribution in [0.1, 0.15) is 47.8 Å². The lowest BCUT2D eigenvalue weighted by molar-refractivity contribution is -0.173. The zero-order valence-corrected chi connectivity index (χ0v) is 17.7. The van der Waals surface area contributed by atoms with E-state index in [4.69, 9.17) is 14.2 Å². The van der Waals surface area contributed by atoms with Crippen LogP contribution in [-0.2, 0) is 0 Å². The second-order valence-electron chi connectivity index (χ2n) is 7.06. The fraction of sp³-hybridized carbons (Fsp3) is 0.500. The number of halogens is 3. The first-order chi connectivity index (χ1) is 14.7. The van der Waals surface area contributed by atoms with Crippen LogP contribution in [0.2, 0.25) is 0 Å². The summed E-state index contributed by atoms with van der Waals surface area (Å²) in [7, 11) is 4.30. The van der Waals surface area contributed by atoms with Crippen LogP contribution >= 0.6 is 0 Å². The van der Waals surface area contributed by atoms with Crippen LogP contribution in [0, 0.1) is 0 Å². The van der Waals surface area contributed by atoms with Gasteiger partial charge in [0.1, 0.15) is 11.4 Å². The van der Waals surface area contributed by atoms with Gasteiger partial charge in [-0.05, 0) is 24.1 Å². The maximum Gasteiger partial charge on any atom is 0.410 e. The number of amides is 1. The molecule has 0 aliphatic carbocycles. The number of benzene rings is 1. The van der Waals surface area contributed by atoms with Gasteiger partial charge < -0.3 is 24.8 Å². The number of hydrogen-bond acceptors (Lipinski definition) is 6. The van der Waals surface area contributed by atoms with E-state index in [1.165, 1.54) is 21.3 Å². The van der Waals surface area contributed by atoms with Crippen molar-refractivity contribution in [1.82, 2.24) is 15.1 Å². The first kappa shape index (κ1) is 22.6. The summed E-state index contributed by atoms with van der Waals surface area (Å²) in [5.41, 5.74) is 0.552. The van der Waals surface area contributed by atoms with E-state index in [9.17, 15) is 18.0 Å². The van der Waals surface area contributed by atoms with Gasteiger partial charge in [0.25, 0.3) is 5.91 Å². The summed E-state index contributed by atoms with van der Waals surface area (Å²) in [4.78, 5) is 12.5. The fourth-order valence-electron chi connectivity index (χ4n) is 3.58. The minimum Gasteiger partial charge on any atom is -0.493 e. The number of rotatable bonds is 7. The Morgan fingerprint density at radius 1 is 1.23 bits per heavy atom. The number of methoxy groups -OCH3 is 3. The molecule has 2 atom stereocenters. The number of nitrogens with zero attached hydrogens (tertiary/aromatic N) is 2. The molecule has 0 unspecified atom stereocenters. The van der Waals surface area contributed by atoms with Crippen molar-refractivity contribution < 1.29 is 32.2 Å². The molecule has 1 aliphatic heterocycles. The molecule has 3 rings (SSSR count). The second-order valence-corrected chi connectivity index (χ2v) is 7.06. The fourth-order valence-corrected chi connectivity index (χ4v) is 3.58. The Morgan fingerprint density at radius 2 is 1.87 bits per heavy atom. The van der Waals surface area contributed by atoms with Gasteiger partial charge >= 0.3 is 6.18 Å². The number of aromatic nitrogens is 2. The van der Waals surface area contributed by atoms with Crippen LogP contribution in [0.3, 0.4) is 0 Å². The van der Waals surface area contributed by atoms with E-state index in [1.807, 2.05) is 6.92 Å². The van der Waals surface area contributed by atoms with E-state index in [2.05, 4.69) is 15.7 Å². The number of nitrogens with one attached hydrogen (secondary N) is 2. The Bertz CT molecular complexity index is 920. The molecule has 0 saturated heterocycles. The van der Waals surface area contributed by atoms with Crippen molar-refractivity contribution in [2.24, 2.45) is 0 Å². The van der Waals surface area contributed by atoms with E-state index < -0.39 is 24.2 Å². The van der Waals surface area contributed by atoms with Gasteiger partial charge in [-0.1, -0.05) is 6.92 Å². The molecule has 1 aromatic carbocycles. The number of fused-ring (bicyclic) bond motifs is 1. The zero-order chi connectivity index (χ0) is 22.8. The third kappa shape index (κ3) is 4.35. The average molecular weight is 442 g/mol. The van der Waals surface area contributed by atoms with Crippen LogP contribution < -0.4 is 24.8 Å². The zero-order valence-electron chi connectivity index (χ0n) is 17.7. The molecule has 1 aliphatic rings. The predicted molar refractivity (Wildman–Crippen MR) is 107 cm³/mol. The lowest BCUT2D eigenvalue weighted by Crippen LogP contribution is -2.36. The van der Waals surface area contributed by atoms with E-state index in [-0.39, 0.29) is 17.8 Å². The van der Waals surface area contributed by atoms with Gasteiger partial charge in [0.15, 0.2) is 17.5 Å². The Labute approximate surface area is 177 Å². The average Bonchev–Trinajstić information content (AvgIpc) is 3.18. The molecule has 0 radical (unpaired) electrons. The molecule has 2 N–H and O–H groups in total. The number of ether oxygens (including phenoxy) is 3. The maximum atomic E-state index is 13.9. The molecule has 2 heterocycles. The molecular formula is C20H25F3N4O4. The monoisotopic (exact) mass is 442 g/mol. The van der Waals surface area contributed by atoms with Gasteiger partial charge in [0.05, 0.1) is 33.6 Å². The number of hydrogen-bond donors (Lipinski definition) is 2. The molecule has 1 aromatic heterocycles. The Balaban J connectivity index is 2.06. The van der Waals surface area contributed by atoms with Gasteiger partial charge in [0, 0.05) is 13.0 Å². The maximum absolute atomic E-state index is 13.9. The number of alkyl halides is 3. The molecule has 2 aromatic rings. The SMILES string of the molecule is CCCNC(=O)c1cnn2c1N[C@@H](c1cc(OC)c(OC)c(OC)c1)C[C@H]2C(F)(F)F. The van der Waals surface area contributed by atoms with Crippen molar-refractivity contribution in [2.45, 2.75) is 38.0 Å². The molecule has 0 bridgehead atoms. The Hall–Kier alpha value is -3.11. The van der Waals surface area contributed by atoms with Crippen LogP contribution in [0.25, 0.3) is 0 Å². The second kappa shape index (κ2) is 8.94. The summed E-state index contributed by atoms with van der Waals surface area (Å²) in [5, 5.41) is 9.58. The summed E-state index contributed by atoms with van der Waals surface area (Å²) in [6.45, 7) is 2.29. The number of anilines is 1. The molecule has 0 saturated carbocycles.